The molecule has 0 aliphatic carbocycles. The first-order valence-electron chi connectivity index (χ1n) is 15.9. The van der Waals surface area contributed by atoms with Gasteiger partial charge in [0.1, 0.15) is 11.7 Å². The summed E-state index contributed by atoms with van der Waals surface area (Å²) in [7, 11) is -11.3. The van der Waals surface area contributed by atoms with Gasteiger partial charge in [-0.1, -0.05) is 44.2 Å². The largest absolute Gasteiger partial charge is 0.480 e. The third-order valence-corrected chi connectivity index (χ3v) is 10.9. The number of benzene rings is 1. The number of unbranched alkanes of at least 4 members (excludes halogenated alkanes) is 1. The van der Waals surface area contributed by atoms with Crippen LogP contribution in [0.3, 0.4) is 0 Å². The highest BCUT2D eigenvalue weighted by molar-refractivity contribution is 7.70. The average molecular weight is 726 g/mol. The molecular weight excluding hydrogens is 681 g/mol. The Morgan fingerprint density at radius 3 is 2.16 bits per heavy atom. The van der Waals surface area contributed by atoms with Gasteiger partial charge in [-0.2, -0.15) is 0 Å². The molecule has 1 aromatic heterocycles. The Bertz CT molecular complexity index is 1420. The van der Waals surface area contributed by atoms with Crippen LogP contribution in [-0.2, 0) is 34.4 Å². The number of hydrogen-bond donors (Lipinski definition) is 7. The molecule has 0 unspecified atom stereocenters. The second-order valence-electron chi connectivity index (χ2n) is 12.1. The van der Waals surface area contributed by atoms with Crippen molar-refractivity contribution in [2.45, 2.75) is 63.5 Å². The maximum atomic E-state index is 13.7. The van der Waals surface area contributed by atoms with Gasteiger partial charge in [-0.15, -0.1) is 0 Å². The summed E-state index contributed by atoms with van der Waals surface area (Å²) in [5.74, 6) is -2.15. The summed E-state index contributed by atoms with van der Waals surface area (Å²) in [4.78, 5) is 85.5. The number of rotatable bonds is 17. The summed E-state index contributed by atoms with van der Waals surface area (Å²) in [6.45, 7) is 6.18. The first-order chi connectivity index (χ1) is 23.1. The van der Waals surface area contributed by atoms with Crippen LogP contribution < -0.4 is 16.0 Å². The van der Waals surface area contributed by atoms with Gasteiger partial charge >= 0.3 is 22.3 Å². The molecule has 3 rings (SSSR count). The Kier molecular flexibility index (Phi) is 16.0. The van der Waals surface area contributed by atoms with Gasteiger partial charge in [0.05, 0.1) is 12.1 Å². The number of carbonyl (C=O) groups is 3. The lowest BCUT2D eigenvalue weighted by atomic mass is 9.73. The molecule has 20 heteroatoms. The van der Waals surface area contributed by atoms with E-state index in [1.165, 1.54) is 18.6 Å². The van der Waals surface area contributed by atoms with Crippen LogP contribution in [0.5, 0.6) is 0 Å². The minimum Gasteiger partial charge on any atom is -0.408 e. The molecule has 270 valence electrons. The van der Waals surface area contributed by atoms with Crippen LogP contribution in [-0.4, -0.2) is 110 Å². The fourth-order valence-corrected chi connectivity index (χ4v) is 7.34. The fraction of sp³-hybridized carbons (Fsp3) is 0.552. The van der Waals surface area contributed by atoms with Crippen LogP contribution in [0.25, 0.3) is 0 Å². The highest BCUT2D eigenvalue weighted by Gasteiger charge is 2.44. The Balaban J connectivity index is 1.54. The van der Waals surface area contributed by atoms with Crippen LogP contribution >= 0.6 is 15.2 Å². The fourth-order valence-electron chi connectivity index (χ4n) is 5.15. The maximum Gasteiger partial charge on any atom is 0.480 e. The number of nitrogens with one attached hydrogen (secondary N) is 3. The van der Waals surface area contributed by atoms with Crippen molar-refractivity contribution < 1.29 is 52.4 Å². The number of aromatic nitrogens is 2. The number of amides is 3. The molecule has 1 aliphatic heterocycles. The Morgan fingerprint density at radius 1 is 0.939 bits per heavy atom. The van der Waals surface area contributed by atoms with Crippen molar-refractivity contribution in [2.75, 3.05) is 32.8 Å². The number of hydrogen-bond acceptors (Lipinski definition) is 10. The van der Waals surface area contributed by atoms with Crippen LogP contribution in [0.4, 0.5) is 0 Å². The molecule has 0 bridgehead atoms. The molecule has 2 atom stereocenters. The summed E-state index contributed by atoms with van der Waals surface area (Å²) in [6.07, 6.45) is 5.60. The highest BCUT2D eigenvalue weighted by atomic mass is 31.2. The standard InChI is InChI=1S/C29H45BN6O11P2/c1-21(2)18-25(34-27(38)23(19-22-8-4-3-5-9-22)33-28(39)24-20-31-11-12-32-24)30-46-16-14-36(15-17-47-30)13-7-6-10-26(37)35-29(48(40,41)42)49(43,44)45/h3-5,8-9,11-12,20-21,23,25,29H,6-7,10,13-19H2,1-2H3,(H,33,39)(H,34,38)(H,35,37)(H2,40,41,42)(H2,43,44,45)/t23-,25+/m1/s1. The topological polar surface area (TPSA) is 250 Å². The van der Waals surface area contributed by atoms with Crippen molar-refractivity contribution >= 4 is 40.0 Å². The molecule has 1 fully saturated rings. The van der Waals surface area contributed by atoms with Crippen molar-refractivity contribution in [3.63, 3.8) is 0 Å². The molecule has 0 spiro atoms. The lowest BCUT2D eigenvalue weighted by Gasteiger charge is -2.32. The molecule has 49 heavy (non-hydrogen) atoms. The zero-order valence-corrected chi connectivity index (χ0v) is 29.2. The number of nitrogens with zero attached hydrogens (tertiary/aromatic N) is 3. The van der Waals surface area contributed by atoms with Crippen molar-refractivity contribution in [3.05, 3.63) is 60.2 Å². The number of carbonyl (C=O) groups excluding carboxylic acids is 3. The molecule has 2 heterocycles. The van der Waals surface area contributed by atoms with Crippen LogP contribution in [0.15, 0.2) is 48.9 Å². The minimum atomic E-state index is -5.26. The Hall–Kier alpha value is -3.05. The summed E-state index contributed by atoms with van der Waals surface area (Å²) in [5, 5.41) is 7.60. The average Bonchev–Trinajstić information content (AvgIpc) is 3.01. The smallest absolute Gasteiger partial charge is 0.408 e. The summed E-state index contributed by atoms with van der Waals surface area (Å²) in [6, 6.07) is 8.40. The molecule has 7 N–H and O–H groups in total. The van der Waals surface area contributed by atoms with E-state index in [1.807, 2.05) is 44.2 Å². The van der Waals surface area contributed by atoms with Gasteiger partial charge in [-0.3, -0.25) is 33.4 Å². The highest BCUT2D eigenvalue weighted by Crippen LogP contribution is 2.58. The minimum absolute atomic E-state index is 0.0834. The van der Waals surface area contributed by atoms with E-state index in [2.05, 4.69) is 25.5 Å². The second-order valence-corrected chi connectivity index (χ2v) is 15.9. The second kappa shape index (κ2) is 19.4. The lowest BCUT2D eigenvalue weighted by Crippen LogP contribution is -2.57. The summed E-state index contributed by atoms with van der Waals surface area (Å²) < 4.78 is 34.9. The van der Waals surface area contributed by atoms with E-state index >= 15 is 0 Å². The molecule has 1 saturated heterocycles. The van der Waals surface area contributed by atoms with Crippen LogP contribution in [0, 0.1) is 5.92 Å². The molecule has 0 saturated carbocycles. The molecule has 1 aromatic carbocycles. The lowest BCUT2D eigenvalue weighted by molar-refractivity contribution is -0.123. The molecule has 3 amide bonds. The molecule has 1 aliphatic rings. The van der Waals surface area contributed by atoms with Gasteiger partial charge in [0.15, 0.2) is 0 Å². The van der Waals surface area contributed by atoms with Crippen LogP contribution in [0.2, 0.25) is 0 Å². The van der Waals surface area contributed by atoms with Crippen molar-refractivity contribution in [1.82, 2.24) is 30.8 Å². The van der Waals surface area contributed by atoms with Crippen molar-refractivity contribution in [3.8, 4) is 0 Å². The Morgan fingerprint density at radius 2 is 1.59 bits per heavy atom. The van der Waals surface area contributed by atoms with Crippen LogP contribution in [0.1, 0.15) is 55.6 Å². The summed E-state index contributed by atoms with van der Waals surface area (Å²) in [5.41, 5.74) is -1.64. The van der Waals surface area contributed by atoms with Gasteiger partial charge in [0.25, 0.3) is 5.91 Å². The SMILES string of the molecule is CC(C)C[C@H](NC(=O)[C@@H](Cc1ccccc1)NC(=O)c1cnccn1)B1OCCN(CCCCC(=O)NC(P(=O)(O)O)P(=O)(O)O)CCO1. The predicted octanol–water partition coefficient (Wildman–Crippen LogP) is 0.650. The molecule has 17 nitrogen and oxygen atoms in total. The molecule has 2 aromatic rings. The van der Waals surface area contributed by atoms with Gasteiger partial charge in [-0.25, -0.2) is 4.98 Å². The van der Waals surface area contributed by atoms with E-state index in [1.54, 1.807) is 5.32 Å². The van der Waals surface area contributed by atoms with E-state index in [9.17, 15) is 43.1 Å². The maximum absolute atomic E-state index is 13.7. The van der Waals surface area contributed by atoms with Crippen molar-refractivity contribution in [1.29, 1.82) is 0 Å². The van der Waals surface area contributed by atoms with Gasteiger partial charge < -0.3 is 44.8 Å². The normalized spacial score (nSPS) is 16.0. The first-order valence-corrected chi connectivity index (χ1v) is 19.3. The van der Waals surface area contributed by atoms with Crippen molar-refractivity contribution in [2.24, 2.45) is 5.92 Å². The predicted molar refractivity (Wildman–Crippen MR) is 179 cm³/mol. The van der Waals surface area contributed by atoms with E-state index in [4.69, 9.17) is 9.31 Å². The zero-order chi connectivity index (χ0) is 36.0. The Labute approximate surface area is 285 Å². The quantitative estimate of drug-likeness (QED) is 0.0672. The first kappa shape index (κ1) is 40.4. The zero-order valence-electron chi connectivity index (χ0n) is 27.5. The van der Waals surface area contributed by atoms with E-state index in [0.717, 1.165) is 5.56 Å². The summed E-state index contributed by atoms with van der Waals surface area (Å²) >= 11 is 0. The van der Waals surface area contributed by atoms with Gasteiger partial charge in [0, 0.05) is 51.5 Å². The molecule has 0 radical (unpaired) electrons. The molecular formula is C29H45BN6O11P2. The van der Waals surface area contributed by atoms with E-state index < -0.39 is 57.5 Å². The third-order valence-electron chi connectivity index (χ3n) is 7.52. The van der Waals surface area contributed by atoms with Gasteiger partial charge in [-0.05, 0) is 37.3 Å². The van der Waals surface area contributed by atoms with E-state index in [0.29, 0.717) is 38.9 Å². The monoisotopic (exact) mass is 726 g/mol. The van der Waals surface area contributed by atoms with E-state index in [-0.39, 0.29) is 37.7 Å². The van der Waals surface area contributed by atoms with Gasteiger partial charge in [0.2, 0.25) is 17.3 Å². The third kappa shape index (κ3) is 14.4.